The molecule has 2 heterocycles. The largest absolute Gasteiger partial charge is 0.342 e. The van der Waals surface area contributed by atoms with E-state index < -0.39 is 0 Å². The van der Waals surface area contributed by atoms with Crippen LogP contribution in [0.25, 0.3) is 0 Å². The molecule has 0 spiro atoms. The Balaban J connectivity index is 1.62. The van der Waals surface area contributed by atoms with Gasteiger partial charge >= 0.3 is 0 Å². The number of benzene rings is 1. The minimum Gasteiger partial charge on any atom is -0.342 e. The molecule has 2 fully saturated rings. The monoisotopic (exact) mass is 336 g/mol. The van der Waals surface area contributed by atoms with Crippen molar-refractivity contribution < 1.29 is 4.79 Å². The van der Waals surface area contributed by atoms with Crippen LogP contribution >= 0.6 is 15.9 Å². The lowest BCUT2D eigenvalue weighted by Gasteiger charge is -2.35. The van der Waals surface area contributed by atoms with Crippen molar-refractivity contribution in [2.75, 3.05) is 7.05 Å². The van der Waals surface area contributed by atoms with Crippen molar-refractivity contribution in [3.63, 3.8) is 0 Å². The fraction of sp³-hybridized carbons (Fsp3) is 0.562. The minimum atomic E-state index is 0.231. The Hall–Kier alpha value is -0.870. The first-order chi connectivity index (χ1) is 9.61. The third-order valence-electron chi connectivity index (χ3n) is 4.63. The first-order valence-corrected chi connectivity index (χ1v) is 8.17. The van der Waals surface area contributed by atoms with Crippen LogP contribution in [-0.2, 0) is 11.2 Å². The lowest BCUT2D eigenvalue weighted by molar-refractivity contribution is -0.131. The predicted octanol–water partition coefficient (Wildman–Crippen LogP) is 2.73. The second kappa shape index (κ2) is 5.86. The number of nitrogens with zero attached hydrogens (tertiary/aromatic N) is 1. The molecular weight excluding hydrogens is 316 g/mol. The van der Waals surface area contributed by atoms with Crippen LogP contribution < -0.4 is 5.32 Å². The minimum absolute atomic E-state index is 0.231. The maximum absolute atomic E-state index is 12.4. The average Bonchev–Trinajstić information content (AvgIpc) is 2.76. The number of carbonyl (C=O) groups is 1. The van der Waals surface area contributed by atoms with Gasteiger partial charge in [-0.15, -0.1) is 0 Å². The lowest BCUT2D eigenvalue weighted by atomic mass is 9.98. The summed E-state index contributed by atoms with van der Waals surface area (Å²) in [5.41, 5.74) is 1.08. The standard InChI is InChI=1S/C16H21BrN2O/c1-19(15-9-13-5-6-14(10-15)18-13)16(20)8-11-3-2-4-12(17)7-11/h2-4,7,13-15,18H,5-6,8-10H2,1H3. The van der Waals surface area contributed by atoms with E-state index in [0.29, 0.717) is 24.5 Å². The van der Waals surface area contributed by atoms with Crippen molar-refractivity contribution in [2.24, 2.45) is 0 Å². The van der Waals surface area contributed by atoms with Crippen LogP contribution in [-0.4, -0.2) is 36.0 Å². The van der Waals surface area contributed by atoms with Gasteiger partial charge in [-0.25, -0.2) is 0 Å². The van der Waals surface area contributed by atoms with Gasteiger partial charge in [-0.2, -0.15) is 0 Å². The highest BCUT2D eigenvalue weighted by Gasteiger charge is 2.36. The molecule has 1 aromatic rings. The van der Waals surface area contributed by atoms with E-state index in [1.54, 1.807) is 0 Å². The van der Waals surface area contributed by atoms with Crippen molar-refractivity contribution >= 4 is 21.8 Å². The van der Waals surface area contributed by atoms with Gasteiger partial charge in [0, 0.05) is 29.6 Å². The molecule has 2 bridgehead atoms. The second-order valence-electron chi connectivity index (χ2n) is 6.07. The van der Waals surface area contributed by atoms with Crippen LogP contribution in [0.3, 0.4) is 0 Å². The molecule has 3 nitrogen and oxygen atoms in total. The van der Waals surface area contributed by atoms with E-state index in [-0.39, 0.29) is 5.91 Å². The summed E-state index contributed by atoms with van der Waals surface area (Å²) in [6.07, 6.45) is 5.26. The fourth-order valence-corrected chi connectivity index (χ4v) is 3.94. The van der Waals surface area contributed by atoms with E-state index in [1.165, 1.54) is 12.8 Å². The fourth-order valence-electron chi connectivity index (χ4n) is 3.49. The van der Waals surface area contributed by atoms with Crippen molar-refractivity contribution in [1.29, 1.82) is 0 Å². The van der Waals surface area contributed by atoms with Crippen LogP contribution in [0.1, 0.15) is 31.2 Å². The van der Waals surface area contributed by atoms with Crippen molar-refractivity contribution in [1.82, 2.24) is 10.2 Å². The second-order valence-corrected chi connectivity index (χ2v) is 6.99. The number of hydrogen-bond acceptors (Lipinski definition) is 2. The zero-order valence-electron chi connectivity index (χ0n) is 11.8. The molecule has 4 heteroatoms. The van der Waals surface area contributed by atoms with E-state index in [4.69, 9.17) is 0 Å². The Morgan fingerprint density at radius 2 is 2.05 bits per heavy atom. The third kappa shape index (κ3) is 3.07. The molecule has 1 amide bonds. The molecule has 2 aliphatic heterocycles. The van der Waals surface area contributed by atoms with Gasteiger partial charge in [-0.05, 0) is 43.4 Å². The highest BCUT2D eigenvalue weighted by Crippen LogP contribution is 2.29. The number of hydrogen-bond donors (Lipinski definition) is 1. The van der Waals surface area contributed by atoms with E-state index >= 15 is 0 Å². The van der Waals surface area contributed by atoms with E-state index in [2.05, 4.69) is 21.2 Å². The molecule has 2 atom stereocenters. The highest BCUT2D eigenvalue weighted by molar-refractivity contribution is 9.10. The van der Waals surface area contributed by atoms with Crippen LogP contribution in [0.2, 0.25) is 0 Å². The van der Waals surface area contributed by atoms with E-state index in [9.17, 15) is 4.79 Å². The van der Waals surface area contributed by atoms with Crippen molar-refractivity contribution in [2.45, 2.75) is 50.2 Å². The smallest absolute Gasteiger partial charge is 0.226 e. The van der Waals surface area contributed by atoms with Gasteiger partial charge in [0.2, 0.25) is 5.91 Å². The van der Waals surface area contributed by atoms with Gasteiger partial charge in [0.25, 0.3) is 0 Å². The quantitative estimate of drug-likeness (QED) is 0.920. The number of fused-ring (bicyclic) bond motifs is 2. The molecule has 0 radical (unpaired) electrons. The number of piperidine rings is 1. The Kier molecular flexibility index (Phi) is 4.13. The third-order valence-corrected chi connectivity index (χ3v) is 5.13. The topological polar surface area (TPSA) is 32.3 Å². The van der Waals surface area contributed by atoms with Crippen molar-refractivity contribution in [3.05, 3.63) is 34.3 Å². The summed E-state index contributed by atoms with van der Waals surface area (Å²) in [5.74, 6) is 0.231. The Morgan fingerprint density at radius 1 is 1.35 bits per heavy atom. The summed E-state index contributed by atoms with van der Waals surface area (Å²) in [6.45, 7) is 0. The maximum atomic E-state index is 12.4. The molecule has 0 aliphatic carbocycles. The summed E-state index contributed by atoms with van der Waals surface area (Å²) in [5, 5.41) is 3.63. The summed E-state index contributed by atoms with van der Waals surface area (Å²) < 4.78 is 1.03. The molecule has 0 aromatic heterocycles. The van der Waals surface area contributed by atoms with Crippen molar-refractivity contribution in [3.8, 4) is 0 Å². The lowest BCUT2D eigenvalue weighted by Crippen LogP contribution is -2.49. The molecule has 2 saturated heterocycles. The Bertz CT molecular complexity index is 493. The molecule has 0 saturated carbocycles. The summed E-state index contributed by atoms with van der Waals surface area (Å²) >= 11 is 3.46. The molecule has 3 rings (SSSR count). The predicted molar refractivity (Wildman–Crippen MR) is 83.6 cm³/mol. The number of nitrogens with one attached hydrogen (secondary N) is 1. The molecule has 1 aromatic carbocycles. The van der Waals surface area contributed by atoms with Gasteiger partial charge in [0.1, 0.15) is 0 Å². The number of carbonyl (C=O) groups excluding carboxylic acids is 1. The summed E-state index contributed by atoms with van der Waals surface area (Å²) in [4.78, 5) is 14.4. The molecule has 20 heavy (non-hydrogen) atoms. The number of rotatable bonds is 3. The Labute approximate surface area is 128 Å². The first kappa shape index (κ1) is 14.1. The van der Waals surface area contributed by atoms with Gasteiger partial charge in [-0.3, -0.25) is 4.79 Å². The molecule has 2 aliphatic rings. The zero-order chi connectivity index (χ0) is 14.1. The summed E-state index contributed by atoms with van der Waals surface area (Å²) in [7, 11) is 1.97. The summed E-state index contributed by atoms with van der Waals surface area (Å²) in [6, 6.07) is 9.67. The van der Waals surface area contributed by atoms with Crippen LogP contribution in [0.5, 0.6) is 0 Å². The SMILES string of the molecule is CN(C(=O)Cc1cccc(Br)c1)C1CC2CCC(C1)N2. The van der Waals surface area contributed by atoms with Gasteiger partial charge < -0.3 is 10.2 Å². The Morgan fingerprint density at radius 3 is 2.70 bits per heavy atom. The molecular formula is C16H21BrN2O. The van der Waals surface area contributed by atoms with Crippen LogP contribution in [0, 0.1) is 0 Å². The molecule has 108 valence electrons. The van der Waals surface area contributed by atoms with Gasteiger partial charge in [-0.1, -0.05) is 28.1 Å². The molecule has 2 unspecified atom stereocenters. The average molecular weight is 337 g/mol. The normalized spacial score (nSPS) is 28.4. The van der Waals surface area contributed by atoms with Crippen LogP contribution in [0.4, 0.5) is 0 Å². The van der Waals surface area contributed by atoms with Gasteiger partial charge in [0.05, 0.1) is 6.42 Å². The van der Waals surface area contributed by atoms with E-state index in [0.717, 1.165) is 22.9 Å². The first-order valence-electron chi connectivity index (χ1n) is 7.38. The zero-order valence-corrected chi connectivity index (χ0v) is 13.4. The number of amides is 1. The van der Waals surface area contributed by atoms with Gasteiger partial charge in [0.15, 0.2) is 0 Å². The number of halogens is 1. The molecule has 1 N–H and O–H groups in total. The number of likely N-dealkylation sites (N-methyl/N-ethyl adjacent to an activating group) is 1. The van der Waals surface area contributed by atoms with Crippen LogP contribution in [0.15, 0.2) is 28.7 Å². The highest BCUT2D eigenvalue weighted by atomic mass is 79.9. The maximum Gasteiger partial charge on any atom is 0.226 e. The van der Waals surface area contributed by atoms with E-state index in [1.807, 2.05) is 36.2 Å².